The zero-order valence-corrected chi connectivity index (χ0v) is 13.3. The predicted molar refractivity (Wildman–Crippen MR) is 87.0 cm³/mol. The summed E-state index contributed by atoms with van der Waals surface area (Å²) in [5, 5.41) is 0.585. The first-order chi connectivity index (χ1) is 10.2. The quantitative estimate of drug-likeness (QED) is 0.804. The monoisotopic (exact) mass is 301 g/mol. The minimum Gasteiger partial charge on any atom is -0.352 e. The van der Waals surface area contributed by atoms with Gasteiger partial charge in [-0.25, -0.2) is 9.97 Å². The molecule has 1 aliphatic heterocycles. The normalized spacial score (nSPS) is 14.1. The molecule has 1 aliphatic rings. The molecule has 21 heavy (non-hydrogen) atoms. The summed E-state index contributed by atoms with van der Waals surface area (Å²) in [6.07, 6.45) is 2.96. The van der Waals surface area contributed by atoms with Crippen molar-refractivity contribution in [3.63, 3.8) is 0 Å². The van der Waals surface area contributed by atoms with Gasteiger partial charge in [-0.2, -0.15) is 0 Å². The molecular weight excluding hydrogens is 282 g/mol. The molecule has 4 heteroatoms. The first-order valence-electron chi connectivity index (χ1n) is 7.53. The topological polar surface area (TPSA) is 29.0 Å². The van der Waals surface area contributed by atoms with Crippen LogP contribution in [0.1, 0.15) is 35.9 Å². The van der Waals surface area contributed by atoms with Gasteiger partial charge in [-0.15, -0.1) is 0 Å². The molecule has 0 bridgehead atoms. The van der Waals surface area contributed by atoms with E-state index in [0.29, 0.717) is 5.15 Å². The summed E-state index contributed by atoms with van der Waals surface area (Å²) in [5.41, 5.74) is 3.81. The van der Waals surface area contributed by atoms with E-state index in [1.165, 1.54) is 11.1 Å². The largest absolute Gasteiger partial charge is 0.352 e. The molecule has 0 spiro atoms. The maximum Gasteiger partial charge on any atom is 0.137 e. The molecule has 1 aromatic carbocycles. The highest BCUT2D eigenvalue weighted by molar-refractivity contribution is 6.30. The summed E-state index contributed by atoms with van der Waals surface area (Å²) in [7, 11) is 0. The lowest BCUT2D eigenvalue weighted by molar-refractivity contribution is 0.707. The van der Waals surface area contributed by atoms with E-state index < -0.39 is 0 Å². The van der Waals surface area contributed by atoms with Crippen molar-refractivity contribution in [3.05, 3.63) is 51.9 Å². The van der Waals surface area contributed by atoms with Crippen molar-refractivity contribution in [2.75, 3.05) is 11.4 Å². The molecule has 0 unspecified atom stereocenters. The number of aryl methyl sites for hydroxylation is 1. The molecule has 0 amide bonds. The van der Waals surface area contributed by atoms with Crippen LogP contribution in [-0.2, 0) is 19.4 Å². The van der Waals surface area contributed by atoms with Gasteiger partial charge < -0.3 is 4.90 Å². The number of nitrogens with zero attached hydrogens (tertiary/aromatic N) is 3. The Bertz CT molecular complexity index is 654. The average Bonchev–Trinajstić information content (AvgIpc) is 2.50. The van der Waals surface area contributed by atoms with Crippen molar-refractivity contribution < 1.29 is 0 Å². The maximum atomic E-state index is 6.30. The van der Waals surface area contributed by atoms with Gasteiger partial charge in [-0.05, 0) is 30.9 Å². The number of hydrogen-bond donors (Lipinski definition) is 0. The zero-order valence-electron chi connectivity index (χ0n) is 12.6. The van der Waals surface area contributed by atoms with Crippen molar-refractivity contribution in [2.24, 2.45) is 0 Å². The van der Waals surface area contributed by atoms with Crippen LogP contribution in [0.5, 0.6) is 0 Å². The molecule has 110 valence electrons. The van der Waals surface area contributed by atoms with E-state index >= 15 is 0 Å². The molecule has 2 aromatic rings. The smallest absolute Gasteiger partial charge is 0.137 e. The Kier molecular flexibility index (Phi) is 4.11. The Balaban J connectivity index is 1.94. The second-order valence-corrected chi connectivity index (χ2v) is 5.93. The van der Waals surface area contributed by atoms with Crippen LogP contribution in [0.2, 0.25) is 5.15 Å². The Morgan fingerprint density at radius 3 is 2.71 bits per heavy atom. The maximum absolute atomic E-state index is 6.30. The molecule has 3 rings (SSSR count). The van der Waals surface area contributed by atoms with E-state index in [9.17, 15) is 0 Å². The van der Waals surface area contributed by atoms with E-state index in [1.807, 2.05) is 6.92 Å². The summed E-state index contributed by atoms with van der Waals surface area (Å²) in [6, 6.07) is 8.63. The fourth-order valence-electron chi connectivity index (χ4n) is 2.84. The summed E-state index contributed by atoms with van der Waals surface area (Å²) in [6.45, 7) is 6.02. The number of anilines is 1. The average molecular weight is 302 g/mol. The number of benzene rings is 1. The first-order valence-corrected chi connectivity index (χ1v) is 7.91. The molecule has 0 radical (unpaired) electrons. The van der Waals surface area contributed by atoms with Crippen molar-refractivity contribution >= 4 is 17.4 Å². The van der Waals surface area contributed by atoms with Gasteiger partial charge >= 0.3 is 0 Å². The molecule has 0 atom stereocenters. The first kappa shape index (κ1) is 14.3. The third-order valence-corrected chi connectivity index (χ3v) is 4.38. The highest BCUT2D eigenvalue weighted by atomic mass is 35.5. The van der Waals surface area contributed by atoms with E-state index in [4.69, 9.17) is 16.6 Å². The lowest BCUT2D eigenvalue weighted by Crippen LogP contribution is -2.32. The van der Waals surface area contributed by atoms with Crippen molar-refractivity contribution in [1.29, 1.82) is 0 Å². The number of hydrogen-bond acceptors (Lipinski definition) is 3. The molecule has 0 fully saturated rings. The molecular formula is C17H20ClN3. The Morgan fingerprint density at radius 2 is 1.95 bits per heavy atom. The zero-order chi connectivity index (χ0) is 14.8. The Morgan fingerprint density at radius 1 is 1.19 bits per heavy atom. The standard InChI is InChI=1S/C17H20ClN3/c1-3-6-15-19-16(18)12(2)17(20-15)21-10-9-13-7-4-5-8-14(13)11-21/h4-5,7-8H,3,6,9-11H2,1-2H3. The van der Waals surface area contributed by atoms with E-state index in [-0.39, 0.29) is 0 Å². The molecule has 0 aliphatic carbocycles. The van der Waals surface area contributed by atoms with Crippen LogP contribution in [0.25, 0.3) is 0 Å². The summed E-state index contributed by atoms with van der Waals surface area (Å²) < 4.78 is 0. The molecule has 0 N–H and O–H groups in total. The van der Waals surface area contributed by atoms with Gasteiger partial charge in [0.2, 0.25) is 0 Å². The Hall–Kier alpha value is -1.61. The van der Waals surface area contributed by atoms with E-state index in [1.54, 1.807) is 0 Å². The second kappa shape index (κ2) is 6.02. The van der Waals surface area contributed by atoms with E-state index in [2.05, 4.69) is 41.1 Å². The van der Waals surface area contributed by atoms with Gasteiger partial charge in [0.1, 0.15) is 16.8 Å². The van der Waals surface area contributed by atoms with Crippen LogP contribution in [0.4, 0.5) is 5.82 Å². The number of halogens is 1. The molecule has 0 saturated carbocycles. The lowest BCUT2D eigenvalue weighted by atomic mass is 10.00. The molecule has 0 saturated heterocycles. The van der Waals surface area contributed by atoms with Crippen molar-refractivity contribution in [1.82, 2.24) is 9.97 Å². The lowest BCUT2D eigenvalue weighted by Gasteiger charge is -2.31. The third-order valence-electron chi connectivity index (χ3n) is 4.01. The number of rotatable bonds is 3. The van der Waals surface area contributed by atoms with Gasteiger partial charge in [0.05, 0.1) is 0 Å². The number of aromatic nitrogens is 2. The minimum absolute atomic E-state index is 0.585. The molecule has 1 aromatic heterocycles. The predicted octanol–water partition coefficient (Wildman–Crippen LogP) is 3.95. The SMILES string of the molecule is CCCc1nc(Cl)c(C)c(N2CCc3ccccc3C2)n1. The van der Waals surface area contributed by atoms with Crippen LogP contribution in [-0.4, -0.2) is 16.5 Å². The van der Waals surface area contributed by atoms with Gasteiger partial charge in [0.25, 0.3) is 0 Å². The highest BCUT2D eigenvalue weighted by Crippen LogP contribution is 2.28. The van der Waals surface area contributed by atoms with Crippen LogP contribution in [0.15, 0.2) is 24.3 Å². The van der Waals surface area contributed by atoms with Crippen LogP contribution >= 0.6 is 11.6 Å². The summed E-state index contributed by atoms with van der Waals surface area (Å²) >= 11 is 6.30. The molecule has 2 heterocycles. The highest BCUT2D eigenvalue weighted by Gasteiger charge is 2.20. The van der Waals surface area contributed by atoms with Crippen LogP contribution in [0.3, 0.4) is 0 Å². The van der Waals surface area contributed by atoms with Crippen LogP contribution < -0.4 is 4.90 Å². The van der Waals surface area contributed by atoms with Crippen LogP contribution in [0, 0.1) is 6.92 Å². The van der Waals surface area contributed by atoms with Gasteiger partial charge in [0.15, 0.2) is 0 Å². The fourth-order valence-corrected chi connectivity index (χ4v) is 3.02. The van der Waals surface area contributed by atoms with Gasteiger partial charge in [-0.3, -0.25) is 0 Å². The third kappa shape index (κ3) is 2.88. The van der Waals surface area contributed by atoms with Crippen molar-refractivity contribution in [3.8, 4) is 0 Å². The second-order valence-electron chi connectivity index (χ2n) is 5.57. The number of fused-ring (bicyclic) bond motifs is 1. The van der Waals surface area contributed by atoms with Crippen molar-refractivity contribution in [2.45, 2.75) is 39.7 Å². The van der Waals surface area contributed by atoms with Gasteiger partial charge in [-0.1, -0.05) is 42.8 Å². The minimum atomic E-state index is 0.585. The van der Waals surface area contributed by atoms with E-state index in [0.717, 1.165) is 49.6 Å². The summed E-state index contributed by atoms with van der Waals surface area (Å²) in [5.74, 6) is 1.84. The summed E-state index contributed by atoms with van der Waals surface area (Å²) in [4.78, 5) is 11.5. The Labute approximate surface area is 131 Å². The van der Waals surface area contributed by atoms with Gasteiger partial charge in [0, 0.05) is 25.1 Å². The molecule has 3 nitrogen and oxygen atoms in total. The fraction of sp³-hybridized carbons (Fsp3) is 0.412.